The largest absolute Gasteiger partial charge is 0.465 e. The van der Waals surface area contributed by atoms with E-state index in [9.17, 15) is 9.59 Å². The summed E-state index contributed by atoms with van der Waals surface area (Å²) in [7, 11) is 0. The van der Waals surface area contributed by atoms with Gasteiger partial charge in [-0.25, -0.2) is 0 Å². The first-order chi connectivity index (χ1) is 7.49. The fraction of sp³-hybridized carbons (Fsp3) is 0.818. The van der Waals surface area contributed by atoms with Crippen LogP contribution in [0.1, 0.15) is 33.1 Å². The minimum Gasteiger partial charge on any atom is -0.465 e. The molecule has 0 aromatic rings. The Kier molecular flexibility index (Phi) is 4.73. The Balaban J connectivity index is 2.50. The summed E-state index contributed by atoms with van der Waals surface area (Å²) in [5, 5.41) is 0. The molecule has 0 bridgehead atoms. The van der Waals surface area contributed by atoms with Crippen LogP contribution in [0, 0.1) is 5.92 Å². The van der Waals surface area contributed by atoms with Gasteiger partial charge in [-0.2, -0.15) is 0 Å². The number of esters is 2. The van der Waals surface area contributed by atoms with Crippen molar-refractivity contribution >= 4 is 11.9 Å². The zero-order valence-corrected chi connectivity index (χ0v) is 9.77. The van der Waals surface area contributed by atoms with Gasteiger partial charge in [0.15, 0.2) is 0 Å². The van der Waals surface area contributed by atoms with Crippen LogP contribution >= 0.6 is 0 Å². The van der Waals surface area contributed by atoms with Gasteiger partial charge in [0.2, 0.25) is 0 Å². The Morgan fingerprint density at radius 2 is 1.94 bits per heavy atom. The predicted octanol–water partition coefficient (Wildman–Crippen LogP) is 0.609. The summed E-state index contributed by atoms with van der Waals surface area (Å²) in [4.78, 5) is 21.7. The Morgan fingerprint density at radius 3 is 2.50 bits per heavy atom. The number of nitrogens with two attached hydrogens (primary N) is 1. The second-order valence-corrected chi connectivity index (χ2v) is 4.28. The van der Waals surface area contributed by atoms with Crippen LogP contribution in [0.15, 0.2) is 0 Å². The van der Waals surface area contributed by atoms with Gasteiger partial charge in [0.1, 0.15) is 6.10 Å². The summed E-state index contributed by atoms with van der Waals surface area (Å²) < 4.78 is 10.2. The van der Waals surface area contributed by atoms with E-state index < -0.39 is 0 Å². The number of ether oxygens (including phenoxy) is 2. The van der Waals surface area contributed by atoms with Crippen LogP contribution in [0.5, 0.6) is 0 Å². The Morgan fingerprint density at radius 1 is 1.25 bits per heavy atom. The maximum atomic E-state index is 10.9. The van der Waals surface area contributed by atoms with E-state index in [4.69, 9.17) is 15.2 Å². The molecule has 0 saturated heterocycles. The molecule has 0 amide bonds. The number of carbonyl (C=O) groups excluding carboxylic acids is 2. The zero-order chi connectivity index (χ0) is 12.1. The SMILES string of the molecule is CC(=O)OCC1CC(N)CCC1OC(C)=O. The first-order valence-corrected chi connectivity index (χ1v) is 5.55. The molecule has 3 unspecified atom stereocenters. The lowest BCUT2D eigenvalue weighted by Crippen LogP contribution is -2.40. The predicted molar refractivity (Wildman–Crippen MR) is 57.5 cm³/mol. The molecule has 1 saturated carbocycles. The molecule has 0 aliphatic heterocycles. The number of rotatable bonds is 3. The second-order valence-electron chi connectivity index (χ2n) is 4.28. The van der Waals surface area contributed by atoms with Crippen molar-refractivity contribution in [2.24, 2.45) is 11.7 Å². The van der Waals surface area contributed by atoms with Crippen LogP contribution in [0.4, 0.5) is 0 Å². The van der Waals surface area contributed by atoms with Gasteiger partial charge in [-0.15, -0.1) is 0 Å². The fourth-order valence-corrected chi connectivity index (χ4v) is 2.04. The van der Waals surface area contributed by atoms with Crippen molar-refractivity contribution in [1.29, 1.82) is 0 Å². The van der Waals surface area contributed by atoms with E-state index in [-0.39, 0.29) is 36.6 Å². The minimum atomic E-state index is -0.319. The first-order valence-electron chi connectivity index (χ1n) is 5.55. The lowest BCUT2D eigenvalue weighted by molar-refractivity contribution is -0.155. The van der Waals surface area contributed by atoms with Crippen molar-refractivity contribution in [3.05, 3.63) is 0 Å². The molecular weight excluding hydrogens is 210 g/mol. The van der Waals surface area contributed by atoms with Crippen molar-refractivity contribution < 1.29 is 19.1 Å². The lowest BCUT2D eigenvalue weighted by Gasteiger charge is -2.33. The van der Waals surface area contributed by atoms with Gasteiger partial charge in [0.05, 0.1) is 6.61 Å². The molecule has 1 rings (SSSR count). The topological polar surface area (TPSA) is 78.6 Å². The molecule has 0 spiro atoms. The van der Waals surface area contributed by atoms with Crippen molar-refractivity contribution in [2.75, 3.05) is 6.61 Å². The minimum absolute atomic E-state index is 0.0246. The third kappa shape index (κ3) is 4.18. The van der Waals surface area contributed by atoms with Crippen LogP contribution in [-0.2, 0) is 19.1 Å². The highest BCUT2D eigenvalue weighted by Crippen LogP contribution is 2.26. The maximum Gasteiger partial charge on any atom is 0.302 e. The van der Waals surface area contributed by atoms with E-state index >= 15 is 0 Å². The highest BCUT2D eigenvalue weighted by molar-refractivity contribution is 5.66. The van der Waals surface area contributed by atoms with Gasteiger partial charge in [-0.1, -0.05) is 0 Å². The molecule has 1 fully saturated rings. The number of hydrogen-bond acceptors (Lipinski definition) is 5. The van der Waals surface area contributed by atoms with Crippen molar-refractivity contribution in [3.8, 4) is 0 Å². The van der Waals surface area contributed by atoms with Crippen molar-refractivity contribution in [3.63, 3.8) is 0 Å². The maximum absolute atomic E-state index is 10.9. The highest BCUT2D eigenvalue weighted by atomic mass is 16.6. The quantitative estimate of drug-likeness (QED) is 0.717. The molecular formula is C11H19NO4. The molecule has 0 aromatic heterocycles. The Labute approximate surface area is 95.3 Å². The third-order valence-electron chi connectivity index (χ3n) is 2.77. The van der Waals surface area contributed by atoms with Crippen molar-refractivity contribution in [2.45, 2.75) is 45.3 Å². The lowest BCUT2D eigenvalue weighted by atomic mass is 9.84. The fourth-order valence-electron chi connectivity index (χ4n) is 2.04. The second kappa shape index (κ2) is 5.84. The van der Waals surface area contributed by atoms with Gasteiger partial charge < -0.3 is 15.2 Å². The van der Waals surface area contributed by atoms with E-state index in [1.54, 1.807) is 0 Å². The summed E-state index contributed by atoms with van der Waals surface area (Å²) in [6.45, 7) is 3.03. The van der Waals surface area contributed by atoms with Gasteiger partial charge in [0.25, 0.3) is 0 Å². The van der Waals surface area contributed by atoms with E-state index in [0.717, 1.165) is 19.3 Å². The Bertz CT molecular complexity index is 267. The Hall–Kier alpha value is -1.10. The smallest absolute Gasteiger partial charge is 0.302 e. The summed E-state index contributed by atoms with van der Waals surface area (Å²) in [5.41, 5.74) is 5.84. The number of carbonyl (C=O) groups is 2. The van der Waals surface area contributed by atoms with E-state index in [2.05, 4.69) is 0 Å². The van der Waals surface area contributed by atoms with Gasteiger partial charge >= 0.3 is 11.9 Å². The van der Waals surface area contributed by atoms with Crippen LogP contribution < -0.4 is 5.73 Å². The normalized spacial score (nSPS) is 29.6. The van der Waals surface area contributed by atoms with Crippen molar-refractivity contribution in [1.82, 2.24) is 0 Å². The van der Waals surface area contributed by atoms with Crippen LogP contribution in [0.3, 0.4) is 0 Å². The first kappa shape index (κ1) is 13.0. The molecule has 3 atom stereocenters. The molecule has 16 heavy (non-hydrogen) atoms. The molecule has 0 aromatic carbocycles. The monoisotopic (exact) mass is 229 g/mol. The molecule has 2 N–H and O–H groups in total. The standard InChI is InChI=1S/C11H19NO4/c1-7(13)15-6-9-5-10(12)3-4-11(9)16-8(2)14/h9-11H,3-6,12H2,1-2H3. The third-order valence-corrected chi connectivity index (χ3v) is 2.77. The molecule has 5 heteroatoms. The van der Waals surface area contributed by atoms with Gasteiger partial charge in [0, 0.05) is 25.8 Å². The summed E-state index contributed by atoms with van der Waals surface area (Å²) in [6.07, 6.45) is 2.14. The van der Waals surface area contributed by atoms with Gasteiger partial charge in [-0.3, -0.25) is 9.59 Å². The summed E-state index contributed by atoms with van der Waals surface area (Å²) >= 11 is 0. The van der Waals surface area contributed by atoms with E-state index in [1.807, 2.05) is 0 Å². The van der Waals surface area contributed by atoms with Crippen LogP contribution in [0.2, 0.25) is 0 Å². The highest BCUT2D eigenvalue weighted by Gasteiger charge is 2.31. The molecule has 1 aliphatic rings. The average Bonchev–Trinajstić information content (AvgIpc) is 2.17. The summed E-state index contributed by atoms with van der Waals surface area (Å²) in [5.74, 6) is -0.592. The number of hydrogen-bond donors (Lipinski definition) is 1. The van der Waals surface area contributed by atoms with Crippen LogP contribution in [0.25, 0.3) is 0 Å². The van der Waals surface area contributed by atoms with Gasteiger partial charge in [-0.05, 0) is 19.3 Å². The molecule has 0 radical (unpaired) electrons. The molecule has 1 aliphatic carbocycles. The molecule has 92 valence electrons. The van der Waals surface area contributed by atoms with E-state index in [1.165, 1.54) is 13.8 Å². The van der Waals surface area contributed by atoms with Crippen LogP contribution in [-0.4, -0.2) is 30.7 Å². The molecule has 5 nitrogen and oxygen atoms in total. The summed E-state index contributed by atoms with van der Waals surface area (Å²) in [6, 6.07) is 0.104. The van der Waals surface area contributed by atoms with E-state index in [0.29, 0.717) is 0 Å². The zero-order valence-electron chi connectivity index (χ0n) is 9.77. The average molecular weight is 229 g/mol. The molecule has 0 heterocycles.